The van der Waals surface area contributed by atoms with Gasteiger partial charge < -0.3 is 14.7 Å². The minimum Gasteiger partial charge on any atom is -0.486 e. The highest BCUT2D eigenvalue weighted by atomic mass is 32.2. The highest BCUT2D eigenvalue weighted by molar-refractivity contribution is 7.92. The number of hydrogen-bond donors (Lipinski definition) is 2. The second kappa shape index (κ2) is 12.2. The summed E-state index contributed by atoms with van der Waals surface area (Å²) in [5.41, 5.74) is 1.06. The molecular formula is C29H35N3O7S2. The van der Waals surface area contributed by atoms with E-state index in [1.54, 1.807) is 55.5 Å². The first kappa shape index (κ1) is 30.5. The Morgan fingerprint density at radius 3 is 2.29 bits per heavy atom. The summed E-state index contributed by atoms with van der Waals surface area (Å²) < 4.78 is 63.3. The molecule has 0 saturated heterocycles. The zero-order valence-electron chi connectivity index (χ0n) is 23.4. The number of hydrogen-bond acceptors (Lipinski definition) is 7. The molecule has 220 valence electrons. The number of sulfonamides is 2. The van der Waals surface area contributed by atoms with Crippen LogP contribution in [-0.4, -0.2) is 75.9 Å². The number of carbonyl (C=O) groups excluding carboxylic acids is 1. The fraction of sp³-hybridized carbons (Fsp3) is 0.345. The van der Waals surface area contributed by atoms with Crippen molar-refractivity contribution < 1.29 is 31.5 Å². The molecule has 0 fully saturated rings. The Morgan fingerprint density at radius 2 is 1.66 bits per heavy atom. The number of rotatable bonds is 9. The van der Waals surface area contributed by atoms with Crippen molar-refractivity contribution in [3.8, 4) is 5.75 Å². The van der Waals surface area contributed by atoms with E-state index in [2.05, 4.69) is 4.72 Å². The minimum absolute atomic E-state index is 0.00942. The summed E-state index contributed by atoms with van der Waals surface area (Å²) in [5.74, 6) is -0.839. The van der Waals surface area contributed by atoms with Crippen molar-refractivity contribution in [2.24, 2.45) is 5.92 Å². The molecular weight excluding hydrogens is 566 g/mol. The first-order valence-corrected chi connectivity index (χ1v) is 16.1. The van der Waals surface area contributed by atoms with Gasteiger partial charge in [-0.3, -0.25) is 9.52 Å². The van der Waals surface area contributed by atoms with Crippen molar-refractivity contribution >= 4 is 31.6 Å². The monoisotopic (exact) mass is 601 g/mol. The Labute approximate surface area is 241 Å². The Bertz CT molecular complexity index is 1600. The van der Waals surface area contributed by atoms with Crippen molar-refractivity contribution in [1.82, 2.24) is 9.21 Å². The molecule has 0 bridgehead atoms. The van der Waals surface area contributed by atoms with E-state index < -0.39 is 44.0 Å². The lowest BCUT2D eigenvalue weighted by Crippen LogP contribution is -2.50. The van der Waals surface area contributed by atoms with Crippen LogP contribution in [0.5, 0.6) is 5.75 Å². The third-order valence-electron chi connectivity index (χ3n) is 7.16. The zero-order chi connectivity index (χ0) is 29.9. The molecule has 2 N–H and O–H groups in total. The summed E-state index contributed by atoms with van der Waals surface area (Å²) in [6.07, 6.45) is -0.775. The van der Waals surface area contributed by atoms with Crippen LogP contribution in [0.15, 0.2) is 82.6 Å². The van der Waals surface area contributed by atoms with Gasteiger partial charge in [-0.15, -0.1) is 0 Å². The van der Waals surface area contributed by atoms with Crippen molar-refractivity contribution in [1.29, 1.82) is 0 Å². The number of nitrogens with zero attached hydrogens (tertiary/aromatic N) is 2. The minimum atomic E-state index is -4.04. The van der Waals surface area contributed by atoms with Crippen LogP contribution < -0.4 is 9.46 Å². The Balaban J connectivity index is 1.76. The van der Waals surface area contributed by atoms with Gasteiger partial charge in [0.25, 0.3) is 15.9 Å². The molecule has 0 spiro atoms. The van der Waals surface area contributed by atoms with Crippen molar-refractivity contribution in [2.75, 3.05) is 31.5 Å². The van der Waals surface area contributed by atoms with Crippen molar-refractivity contribution in [3.63, 3.8) is 0 Å². The molecule has 10 nitrogen and oxygen atoms in total. The summed E-state index contributed by atoms with van der Waals surface area (Å²) in [7, 11) is -6.46. The molecule has 1 aliphatic rings. The van der Waals surface area contributed by atoms with E-state index in [0.29, 0.717) is 0 Å². The molecule has 3 atom stereocenters. The van der Waals surface area contributed by atoms with Gasteiger partial charge in [-0.05, 0) is 50.2 Å². The van der Waals surface area contributed by atoms with Gasteiger partial charge in [0.15, 0.2) is 5.75 Å². The molecule has 4 rings (SSSR count). The summed E-state index contributed by atoms with van der Waals surface area (Å²) in [6.45, 7) is 5.21. The van der Waals surface area contributed by atoms with Crippen molar-refractivity contribution in [3.05, 3.63) is 83.9 Å². The van der Waals surface area contributed by atoms with Crippen molar-refractivity contribution in [2.45, 2.75) is 42.7 Å². The Hall–Kier alpha value is -3.45. The SMILES string of the molecule is Cc1ccc(S(=O)(=O)N(C)C[C@H]2Oc3c(NS(=O)(=O)c4ccccc4)cccc3C(=O)N([C@@H](C)CO)C[C@H]2C)cc1. The largest absolute Gasteiger partial charge is 0.486 e. The number of fused-ring (bicyclic) bond motifs is 1. The normalized spacial score (nSPS) is 18.7. The number of para-hydroxylation sites is 1. The molecule has 12 heteroatoms. The third-order valence-corrected chi connectivity index (χ3v) is 10.4. The van der Waals surface area contributed by atoms with E-state index in [1.165, 1.54) is 40.5 Å². The zero-order valence-corrected chi connectivity index (χ0v) is 25.0. The quantitative estimate of drug-likeness (QED) is 0.384. The predicted molar refractivity (Wildman–Crippen MR) is 156 cm³/mol. The van der Waals surface area contributed by atoms with Gasteiger partial charge in [0, 0.05) is 19.5 Å². The smallest absolute Gasteiger partial charge is 0.262 e. The molecule has 1 heterocycles. The summed E-state index contributed by atoms with van der Waals surface area (Å²) in [6, 6.07) is 18.3. The van der Waals surface area contributed by atoms with E-state index in [0.717, 1.165) is 5.56 Å². The number of aliphatic hydroxyl groups excluding tert-OH is 1. The van der Waals surface area contributed by atoms with E-state index >= 15 is 0 Å². The maximum Gasteiger partial charge on any atom is 0.262 e. The van der Waals surface area contributed by atoms with Crippen LogP contribution in [0.2, 0.25) is 0 Å². The number of carbonyl (C=O) groups is 1. The van der Waals surface area contributed by atoms with Gasteiger partial charge in [0.1, 0.15) is 6.10 Å². The van der Waals surface area contributed by atoms with Crippen LogP contribution in [0.3, 0.4) is 0 Å². The van der Waals surface area contributed by atoms with Crippen LogP contribution in [0.4, 0.5) is 5.69 Å². The maximum atomic E-state index is 13.7. The lowest BCUT2D eigenvalue weighted by atomic mass is 9.99. The van der Waals surface area contributed by atoms with Crippen LogP contribution >= 0.6 is 0 Å². The van der Waals surface area contributed by atoms with Gasteiger partial charge >= 0.3 is 0 Å². The van der Waals surface area contributed by atoms with Gasteiger partial charge in [0.2, 0.25) is 10.0 Å². The standard InChI is InChI=1S/C29H35N3O7S2/c1-20-13-15-24(16-14-20)41(37,38)31(4)18-27-21(2)17-32(22(3)19-33)29(34)25-11-8-12-26(28(25)39-27)30-40(35,36)23-9-6-5-7-10-23/h5-16,21-22,27,30,33H,17-19H2,1-4H3/t21-,22+,27-/m1/s1. The molecule has 41 heavy (non-hydrogen) atoms. The van der Waals surface area contributed by atoms with E-state index in [1.807, 2.05) is 13.8 Å². The Morgan fingerprint density at radius 1 is 1.00 bits per heavy atom. The second-order valence-electron chi connectivity index (χ2n) is 10.3. The molecule has 1 aliphatic heterocycles. The molecule has 3 aromatic rings. The number of nitrogens with one attached hydrogen (secondary N) is 1. The van der Waals surface area contributed by atoms with Crippen LogP contribution in [-0.2, 0) is 20.0 Å². The lowest BCUT2D eigenvalue weighted by Gasteiger charge is -2.38. The van der Waals surface area contributed by atoms with Gasteiger partial charge in [-0.1, -0.05) is 48.9 Å². The second-order valence-corrected chi connectivity index (χ2v) is 14.0. The highest BCUT2D eigenvalue weighted by Gasteiger charge is 2.36. The van der Waals surface area contributed by atoms with Crippen LogP contribution in [0.25, 0.3) is 0 Å². The molecule has 0 saturated carbocycles. The van der Waals surface area contributed by atoms with Crippen LogP contribution in [0, 0.1) is 12.8 Å². The van der Waals surface area contributed by atoms with E-state index in [4.69, 9.17) is 4.74 Å². The molecule has 0 unspecified atom stereocenters. The lowest BCUT2D eigenvalue weighted by molar-refractivity contribution is 0.0389. The molecule has 1 amide bonds. The molecule has 0 aliphatic carbocycles. The summed E-state index contributed by atoms with van der Waals surface area (Å²) >= 11 is 0. The number of amides is 1. The van der Waals surface area contributed by atoms with E-state index in [-0.39, 0.29) is 46.5 Å². The van der Waals surface area contributed by atoms with Gasteiger partial charge in [-0.25, -0.2) is 16.8 Å². The summed E-state index contributed by atoms with van der Waals surface area (Å²) in [5, 5.41) is 9.89. The maximum absolute atomic E-state index is 13.7. The number of aliphatic hydroxyl groups is 1. The molecule has 3 aromatic carbocycles. The average Bonchev–Trinajstić information content (AvgIpc) is 2.95. The average molecular weight is 602 g/mol. The molecule has 0 radical (unpaired) electrons. The van der Waals surface area contributed by atoms with Gasteiger partial charge in [-0.2, -0.15) is 4.31 Å². The predicted octanol–water partition coefficient (Wildman–Crippen LogP) is 3.34. The number of benzene rings is 3. The summed E-state index contributed by atoms with van der Waals surface area (Å²) in [4.78, 5) is 15.3. The first-order valence-electron chi connectivity index (χ1n) is 13.2. The fourth-order valence-corrected chi connectivity index (χ4v) is 6.85. The van der Waals surface area contributed by atoms with E-state index in [9.17, 15) is 26.7 Å². The third kappa shape index (κ3) is 6.56. The first-order chi connectivity index (χ1) is 19.3. The number of anilines is 1. The number of likely N-dealkylation sites (N-methyl/N-ethyl adjacent to an activating group) is 1. The highest BCUT2D eigenvalue weighted by Crippen LogP contribution is 2.36. The topological polar surface area (TPSA) is 133 Å². The van der Waals surface area contributed by atoms with Crippen LogP contribution in [0.1, 0.15) is 29.8 Å². The number of ether oxygens (including phenoxy) is 1. The molecule has 0 aromatic heterocycles. The fourth-order valence-electron chi connectivity index (χ4n) is 4.59. The number of aryl methyl sites for hydroxylation is 1. The Kier molecular flexibility index (Phi) is 9.07. The van der Waals surface area contributed by atoms with Gasteiger partial charge in [0.05, 0.1) is 40.2 Å².